The Hall–Kier alpha value is -2.22. The molecule has 26 heavy (non-hydrogen) atoms. The van der Waals surface area contributed by atoms with Crippen molar-refractivity contribution >= 4 is 11.6 Å². The minimum atomic E-state index is -4.76. The van der Waals surface area contributed by atoms with Gasteiger partial charge in [-0.3, -0.25) is 9.79 Å². The van der Waals surface area contributed by atoms with Gasteiger partial charge < -0.3 is 11.1 Å². The molecule has 0 spiro atoms. The lowest BCUT2D eigenvalue weighted by atomic mass is 10.0. The first-order chi connectivity index (χ1) is 12.0. The first kappa shape index (κ1) is 21.8. The molecule has 0 fully saturated rings. The third-order valence-electron chi connectivity index (χ3n) is 3.68. The van der Waals surface area contributed by atoms with Crippen molar-refractivity contribution in [2.24, 2.45) is 10.7 Å². The average molecular weight is 373 g/mol. The van der Waals surface area contributed by atoms with E-state index in [9.17, 15) is 22.4 Å². The van der Waals surface area contributed by atoms with Crippen molar-refractivity contribution in [3.05, 3.63) is 46.3 Å². The van der Waals surface area contributed by atoms with Crippen molar-refractivity contribution < 1.29 is 22.4 Å². The lowest BCUT2D eigenvalue weighted by molar-refractivity contribution is -0.117. The molecule has 1 rings (SSSR count). The molecule has 1 aromatic rings. The molecular formula is C18H23F4N3O. The third-order valence-corrected chi connectivity index (χ3v) is 3.68. The fourth-order valence-electron chi connectivity index (χ4n) is 2.33. The molecule has 0 unspecified atom stereocenters. The molecule has 0 atom stereocenters. The zero-order valence-corrected chi connectivity index (χ0v) is 15.2. The normalized spacial score (nSPS) is 13.3. The Balaban J connectivity index is 3.04. The molecule has 0 aromatic heterocycles. The summed E-state index contributed by atoms with van der Waals surface area (Å²) in [6.45, 7) is 5.74. The van der Waals surface area contributed by atoms with E-state index in [1.165, 1.54) is 33.8 Å². The Morgan fingerprint density at radius 1 is 1.31 bits per heavy atom. The molecule has 8 heteroatoms. The average Bonchev–Trinajstić information content (AvgIpc) is 2.54. The number of allylic oxidation sites excluding steroid dienone is 1. The van der Waals surface area contributed by atoms with E-state index in [0.29, 0.717) is 16.7 Å². The molecule has 1 aromatic carbocycles. The first-order valence-corrected chi connectivity index (χ1v) is 8.09. The number of aliphatic imine (C=N–C) groups is 1. The first-order valence-electron chi connectivity index (χ1n) is 8.09. The Bertz CT molecular complexity index is 722. The van der Waals surface area contributed by atoms with Crippen LogP contribution in [0.5, 0.6) is 0 Å². The van der Waals surface area contributed by atoms with Crippen molar-refractivity contribution in [1.29, 1.82) is 0 Å². The van der Waals surface area contributed by atoms with Gasteiger partial charge in [-0.15, -0.1) is 0 Å². The van der Waals surface area contributed by atoms with Gasteiger partial charge in [-0.1, -0.05) is 18.2 Å². The van der Waals surface area contributed by atoms with E-state index in [0.717, 1.165) is 6.08 Å². The Morgan fingerprint density at radius 3 is 2.35 bits per heavy atom. The number of nitrogens with two attached hydrogens (primary N) is 1. The van der Waals surface area contributed by atoms with Crippen LogP contribution >= 0.6 is 0 Å². The van der Waals surface area contributed by atoms with Gasteiger partial charge in [0.2, 0.25) is 0 Å². The highest BCUT2D eigenvalue weighted by molar-refractivity contribution is 6.23. The zero-order chi connectivity index (χ0) is 20.1. The van der Waals surface area contributed by atoms with Gasteiger partial charge in [0.1, 0.15) is 5.82 Å². The molecule has 4 nitrogen and oxygen atoms in total. The van der Waals surface area contributed by atoms with Crippen molar-refractivity contribution in [2.75, 3.05) is 0 Å². The van der Waals surface area contributed by atoms with Crippen molar-refractivity contribution in [1.82, 2.24) is 5.32 Å². The van der Waals surface area contributed by atoms with Gasteiger partial charge in [-0.05, 0) is 38.8 Å². The second kappa shape index (κ2) is 8.93. The minimum Gasteiger partial charge on any atom is -0.348 e. The summed E-state index contributed by atoms with van der Waals surface area (Å²) in [4.78, 5) is 15.8. The molecule has 1 amide bonds. The van der Waals surface area contributed by atoms with E-state index in [1.807, 2.05) is 0 Å². The summed E-state index contributed by atoms with van der Waals surface area (Å²) in [6, 6.07) is 2.44. The number of amides is 1. The van der Waals surface area contributed by atoms with Crippen molar-refractivity contribution in [3.63, 3.8) is 0 Å². The molecule has 0 aliphatic carbocycles. The van der Waals surface area contributed by atoms with Crippen LogP contribution in [0.2, 0.25) is 0 Å². The Morgan fingerprint density at radius 2 is 1.88 bits per heavy atom. The number of carbonyl (C=O) groups excluding carboxylic acids is 1. The topological polar surface area (TPSA) is 67.5 Å². The SMILES string of the molecule is C/C=C(/C(=O)NCc1ccc(CN)c(F)c1C)C(=NC(C)C)C(F)(F)F. The van der Waals surface area contributed by atoms with Gasteiger partial charge in [0, 0.05) is 24.7 Å². The van der Waals surface area contributed by atoms with Crippen LogP contribution in [0, 0.1) is 12.7 Å². The largest absolute Gasteiger partial charge is 0.433 e. The lowest BCUT2D eigenvalue weighted by Gasteiger charge is -2.16. The van der Waals surface area contributed by atoms with E-state index >= 15 is 0 Å². The number of halogens is 4. The highest BCUT2D eigenvalue weighted by Gasteiger charge is 2.40. The fourth-order valence-corrected chi connectivity index (χ4v) is 2.33. The summed E-state index contributed by atoms with van der Waals surface area (Å²) in [5, 5.41) is 2.40. The van der Waals surface area contributed by atoms with Crippen LogP contribution in [0.1, 0.15) is 37.5 Å². The third kappa shape index (κ3) is 5.39. The lowest BCUT2D eigenvalue weighted by Crippen LogP contribution is -2.35. The van der Waals surface area contributed by atoms with Crippen LogP contribution in [0.15, 0.2) is 28.8 Å². The molecule has 0 aliphatic rings. The molecule has 0 heterocycles. The number of rotatable bonds is 6. The van der Waals surface area contributed by atoms with Gasteiger partial charge in [-0.2, -0.15) is 13.2 Å². The van der Waals surface area contributed by atoms with Crippen LogP contribution < -0.4 is 11.1 Å². The van der Waals surface area contributed by atoms with Crippen LogP contribution in [0.3, 0.4) is 0 Å². The maximum absolute atomic E-state index is 14.1. The summed E-state index contributed by atoms with van der Waals surface area (Å²) in [5.74, 6) is -1.41. The van der Waals surface area contributed by atoms with Gasteiger partial charge in [0.05, 0.1) is 5.57 Å². The standard InChI is InChI=1S/C18H23F4N3O/c1-5-14(16(18(20,21)22)25-10(2)3)17(26)24-9-13-7-6-12(8-23)15(19)11(13)4/h5-7,10H,8-9,23H2,1-4H3,(H,24,26)/b14-5+,25-16?. The number of hydrogen-bond donors (Lipinski definition) is 2. The summed E-state index contributed by atoms with van der Waals surface area (Å²) in [6.07, 6.45) is -3.69. The Kier molecular flexibility index (Phi) is 7.50. The van der Waals surface area contributed by atoms with Crippen LogP contribution in [0.4, 0.5) is 17.6 Å². The predicted octanol–water partition coefficient (Wildman–Crippen LogP) is 3.57. The van der Waals surface area contributed by atoms with E-state index in [-0.39, 0.29) is 13.1 Å². The molecule has 0 aliphatic heterocycles. The number of benzene rings is 1. The second-order valence-corrected chi connectivity index (χ2v) is 5.98. The number of carbonyl (C=O) groups is 1. The van der Waals surface area contributed by atoms with E-state index in [4.69, 9.17) is 5.73 Å². The fraction of sp³-hybridized carbons (Fsp3) is 0.444. The molecule has 3 N–H and O–H groups in total. The quantitative estimate of drug-likeness (QED) is 0.455. The van der Waals surface area contributed by atoms with Crippen molar-refractivity contribution in [2.45, 2.75) is 53.0 Å². The van der Waals surface area contributed by atoms with Crippen molar-refractivity contribution in [3.8, 4) is 0 Å². The van der Waals surface area contributed by atoms with Gasteiger partial charge in [0.25, 0.3) is 5.91 Å². The predicted molar refractivity (Wildman–Crippen MR) is 93.3 cm³/mol. The summed E-state index contributed by atoms with van der Waals surface area (Å²) in [7, 11) is 0. The molecule has 144 valence electrons. The highest BCUT2D eigenvalue weighted by Crippen LogP contribution is 2.24. The second-order valence-electron chi connectivity index (χ2n) is 5.98. The smallest absolute Gasteiger partial charge is 0.348 e. The number of hydrogen-bond acceptors (Lipinski definition) is 3. The highest BCUT2D eigenvalue weighted by atomic mass is 19.4. The summed E-state index contributed by atoms with van der Waals surface area (Å²) >= 11 is 0. The van der Waals surface area contributed by atoms with Crippen LogP contribution in [0.25, 0.3) is 0 Å². The maximum Gasteiger partial charge on any atom is 0.433 e. The maximum atomic E-state index is 14.1. The van der Waals surface area contributed by atoms with Crippen LogP contribution in [-0.4, -0.2) is 23.8 Å². The number of alkyl halides is 3. The monoisotopic (exact) mass is 373 g/mol. The summed E-state index contributed by atoms with van der Waals surface area (Å²) in [5.41, 5.74) is 4.71. The summed E-state index contributed by atoms with van der Waals surface area (Å²) < 4.78 is 53.8. The zero-order valence-electron chi connectivity index (χ0n) is 15.2. The minimum absolute atomic E-state index is 0.0304. The molecule has 0 bridgehead atoms. The number of nitrogens with zero attached hydrogens (tertiary/aromatic N) is 1. The molecule has 0 radical (unpaired) electrons. The van der Waals surface area contributed by atoms with Gasteiger partial charge in [-0.25, -0.2) is 4.39 Å². The molecular weight excluding hydrogens is 350 g/mol. The van der Waals surface area contributed by atoms with E-state index in [1.54, 1.807) is 6.07 Å². The molecule has 0 saturated carbocycles. The van der Waals surface area contributed by atoms with Crippen LogP contribution in [-0.2, 0) is 17.9 Å². The van der Waals surface area contributed by atoms with Gasteiger partial charge >= 0.3 is 6.18 Å². The van der Waals surface area contributed by atoms with E-state index < -0.39 is 35.2 Å². The van der Waals surface area contributed by atoms with Gasteiger partial charge in [0.15, 0.2) is 5.71 Å². The molecule has 0 saturated heterocycles. The Labute approximate surface area is 150 Å². The van der Waals surface area contributed by atoms with E-state index in [2.05, 4.69) is 10.3 Å². The number of nitrogens with one attached hydrogen (secondary N) is 1.